The van der Waals surface area contributed by atoms with E-state index in [1.165, 1.54) is 135 Å². The smallest absolute Gasteiger partial charge is 0.462 e. The van der Waals surface area contributed by atoms with Crippen molar-refractivity contribution in [3.63, 3.8) is 0 Å². The number of allylic oxidation sites excluding steroid dienone is 14. The van der Waals surface area contributed by atoms with Gasteiger partial charge in [0.25, 0.3) is 0 Å². The lowest BCUT2D eigenvalue weighted by Gasteiger charge is -2.21. The standard InChI is InChI=1S/C83H148O17P2/c1-5-9-13-17-21-25-29-33-37-38-42-46-50-54-58-62-66-70-83(88)100-79(74-94-81(86)68-64-60-56-52-48-44-40-35-31-27-23-19-15-11-7-3)76-98-102(91,92)96-72-77(84)71-95-101(89,90)97-75-78(99-82(87)69-65-61-57-53-49-45-41-36-32-28-24-20-16-12-8-4)73-93-80(85)67-63-59-55-51-47-43-39-34-30-26-22-18-14-10-6-2/h21,25,33-37,39-42,46,54,58,77-79,84H,5-20,22-24,26-32,38,43-45,47-53,55-57,59-76H2,1-4H3,(H,89,90)(H,91,92)/b25-21-,37-33-,39-34-,40-35-,41-36-,46-42-,58-54-/t77-,78+,79+/m0/s1. The average molecular weight is 1480 g/mol. The molecule has 0 radical (unpaired) electrons. The molecule has 0 aliphatic carbocycles. The molecule has 0 aliphatic rings. The van der Waals surface area contributed by atoms with E-state index in [1.807, 2.05) is 12.2 Å². The number of esters is 4. The number of ether oxygens (including phenoxy) is 4. The Balaban J connectivity index is 5.41. The van der Waals surface area contributed by atoms with Crippen LogP contribution < -0.4 is 0 Å². The third kappa shape index (κ3) is 74.5. The van der Waals surface area contributed by atoms with Crippen LogP contribution in [-0.4, -0.2) is 96.7 Å². The topological polar surface area (TPSA) is 237 Å². The summed E-state index contributed by atoms with van der Waals surface area (Å²) in [6.45, 7) is 4.79. The summed E-state index contributed by atoms with van der Waals surface area (Å²) in [7, 11) is -9.97. The fourth-order valence-electron chi connectivity index (χ4n) is 11.0. The Morgan fingerprint density at radius 2 is 0.490 bits per heavy atom. The largest absolute Gasteiger partial charge is 0.472 e. The van der Waals surface area contributed by atoms with Crippen molar-refractivity contribution in [3.8, 4) is 0 Å². The zero-order valence-corrected chi connectivity index (χ0v) is 66.6. The van der Waals surface area contributed by atoms with Gasteiger partial charge in [-0.25, -0.2) is 9.13 Å². The Bertz CT molecular complexity index is 2260. The minimum absolute atomic E-state index is 0.0188. The van der Waals surface area contributed by atoms with E-state index in [0.717, 1.165) is 141 Å². The van der Waals surface area contributed by atoms with Gasteiger partial charge in [0.2, 0.25) is 0 Å². The first kappa shape index (κ1) is 98.2. The van der Waals surface area contributed by atoms with Gasteiger partial charge in [-0.2, -0.15) is 0 Å². The first-order valence-electron chi connectivity index (χ1n) is 40.8. The monoisotopic (exact) mass is 1480 g/mol. The van der Waals surface area contributed by atoms with Crippen molar-refractivity contribution in [1.29, 1.82) is 0 Å². The zero-order valence-electron chi connectivity index (χ0n) is 64.8. The number of carbonyl (C=O) groups excluding carboxylic acids is 4. The molecule has 0 aromatic heterocycles. The van der Waals surface area contributed by atoms with Crippen molar-refractivity contribution in [1.82, 2.24) is 0 Å². The van der Waals surface area contributed by atoms with E-state index in [2.05, 4.69) is 101 Å². The van der Waals surface area contributed by atoms with Gasteiger partial charge in [-0.1, -0.05) is 280 Å². The first-order chi connectivity index (χ1) is 49.7. The lowest BCUT2D eigenvalue weighted by atomic mass is 10.1. The number of phosphoric acid groups is 2. The van der Waals surface area contributed by atoms with Gasteiger partial charge in [0.15, 0.2) is 12.2 Å². The second kappa shape index (κ2) is 75.5. The molecule has 19 heteroatoms. The Hall–Kier alpha value is -3.76. The molecular formula is C83H148O17P2. The van der Waals surface area contributed by atoms with Gasteiger partial charge in [-0.05, 0) is 141 Å². The predicted octanol–water partition coefficient (Wildman–Crippen LogP) is 23.8. The van der Waals surface area contributed by atoms with Crippen LogP contribution in [0.4, 0.5) is 0 Å². The summed E-state index contributed by atoms with van der Waals surface area (Å²) in [6.07, 6.45) is 78.5. The Morgan fingerprint density at radius 3 is 0.804 bits per heavy atom. The van der Waals surface area contributed by atoms with E-state index in [0.29, 0.717) is 32.1 Å². The van der Waals surface area contributed by atoms with Crippen molar-refractivity contribution in [3.05, 3.63) is 85.1 Å². The van der Waals surface area contributed by atoms with E-state index < -0.39 is 97.5 Å². The molecule has 0 amide bonds. The molecule has 102 heavy (non-hydrogen) atoms. The number of unbranched alkanes of at least 4 members (excludes halogenated alkanes) is 37. The highest BCUT2D eigenvalue weighted by Gasteiger charge is 2.30. The van der Waals surface area contributed by atoms with Gasteiger partial charge >= 0.3 is 39.5 Å². The van der Waals surface area contributed by atoms with Crippen LogP contribution in [0.5, 0.6) is 0 Å². The van der Waals surface area contributed by atoms with Crippen LogP contribution >= 0.6 is 15.6 Å². The second-order valence-electron chi connectivity index (χ2n) is 27.3. The third-order valence-corrected chi connectivity index (χ3v) is 19.2. The van der Waals surface area contributed by atoms with Crippen molar-refractivity contribution in [2.24, 2.45) is 0 Å². The maximum atomic E-state index is 13.1. The fourth-order valence-corrected chi connectivity index (χ4v) is 12.6. The number of hydrogen-bond donors (Lipinski definition) is 3. The van der Waals surface area contributed by atoms with E-state index in [4.69, 9.17) is 37.0 Å². The van der Waals surface area contributed by atoms with E-state index in [1.54, 1.807) is 0 Å². The van der Waals surface area contributed by atoms with E-state index in [9.17, 15) is 43.2 Å². The molecule has 0 heterocycles. The van der Waals surface area contributed by atoms with Crippen LogP contribution in [0.2, 0.25) is 0 Å². The number of aliphatic hydroxyl groups is 1. The Morgan fingerprint density at radius 1 is 0.275 bits per heavy atom. The molecule has 592 valence electrons. The van der Waals surface area contributed by atoms with Crippen molar-refractivity contribution in [2.75, 3.05) is 39.6 Å². The maximum Gasteiger partial charge on any atom is 0.472 e. The number of phosphoric ester groups is 2. The Labute approximate surface area is 621 Å². The van der Waals surface area contributed by atoms with Crippen LogP contribution in [0.1, 0.15) is 362 Å². The zero-order chi connectivity index (χ0) is 74.6. The minimum Gasteiger partial charge on any atom is -0.462 e. The molecule has 0 bridgehead atoms. The van der Waals surface area contributed by atoms with Gasteiger partial charge in [-0.15, -0.1) is 0 Å². The lowest BCUT2D eigenvalue weighted by molar-refractivity contribution is -0.161. The first-order valence-corrected chi connectivity index (χ1v) is 43.8. The summed E-state index contributed by atoms with van der Waals surface area (Å²) in [4.78, 5) is 73.0. The van der Waals surface area contributed by atoms with E-state index in [-0.39, 0.29) is 25.7 Å². The van der Waals surface area contributed by atoms with Crippen LogP contribution in [0.3, 0.4) is 0 Å². The van der Waals surface area contributed by atoms with Crippen molar-refractivity contribution in [2.45, 2.75) is 380 Å². The molecule has 0 spiro atoms. The summed E-state index contributed by atoms with van der Waals surface area (Å²) in [5, 5.41) is 10.6. The van der Waals surface area contributed by atoms with Gasteiger partial charge < -0.3 is 33.8 Å². The normalized spacial score (nSPS) is 14.3. The maximum absolute atomic E-state index is 13.1. The number of hydrogen-bond acceptors (Lipinski definition) is 15. The van der Waals surface area contributed by atoms with Crippen molar-refractivity contribution < 1.29 is 80.2 Å². The molecule has 0 aromatic carbocycles. The molecule has 0 fully saturated rings. The molecule has 0 aromatic rings. The molecule has 2 unspecified atom stereocenters. The number of rotatable bonds is 77. The summed E-state index contributed by atoms with van der Waals surface area (Å²) < 4.78 is 68.6. The lowest BCUT2D eigenvalue weighted by Crippen LogP contribution is -2.30. The average Bonchev–Trinajstić information content (AvgIpc) is 0.917. The molecule has 3 N–H and O–H groups in total. The summed E-state index contributed by atoms with van der Waals surface area (Å²) in [6, 6.07) is 0. The minimum atomic E-state index is -4.99. The number of aliphatic hydroxyl groups excluding tert-OH is 1. The molecule has 5 atom stereocenters. The highest BCUT2D eigenvalue weighted by molar-refractivity contribution is 7.47. The van der Waals surface area contributed by atoms with Gasteiger partial charge in [-0.3, -0.25) is 37.3 Å². The van der Waals surface area contributed by atoms with E-state index >= 15 is 0 Å². The van der Waals surface area contributed by atoms with Crippen LogP contribution in [-0.2, 0) is 65.4 Å². The predicted molar refractivity (Wildman–Crippen MR) is 418 cm³/mol. The molecular weight excluding hydrogens is 1330 g/mol. The Kier molecular flexibility index (Phi) is 72.7. The molecule has 0 saturated carbocycles. The van der Waals surface area contributed by atoms with Gasteiger partial charge in [0.1, 0.15) is 19.3 Å². The van der Waals surface area contributed by atoms with Crippen LogP contribution in [0.15, 0.2) is 85.1 Å². The van der Waals surface area contributed by atoms with Gasteiger partial charge in [0, 0.05) is 25.7 Å². The SMILES string of the molecule is CCCCC/C=C\C/C=C\C/C=C\C/C=C\CCCC(=O)O[C@H](COC(=O)CCCCCCC/C=C\CCCCCCCC)COP(=O)(O)OC[C@@H](O)COP(=O)(O)OC[C@@H](COC(=O)CCCCCCC/C=C\CCCCCCCC)OC(=O)CCCCCCC/C=C\CCCCCCCC. The molecule has 17 nitrogen and oxygen atoms in total. The van der Waals surface area contributed by atoms with Gasteiger partial charge in [0.05, 0.1) is 26.4 Å². The van der Waals surface area contributed by atoms with Crippen molar-refractivity contribution >= 4 is 39.5 Å². The highest BCUT2D eigenvalue weighted by Crippen LogP contribution is 2.45. The highest BCUT2D eigenvalue weighted by atomic mass is 31.2. The third-order valence-electron chi connectivity index (χ3n) is 17.3. The van der Waals surface area contributed by atoms with Crippen LogP contribution in [0, 0.1) is 0 Å². The summed E-state index contributed by atoms with van der Waals surface area (Å²) in [5.74, 6) is -2.25. The molecule has 0 saturated heterocycles. The van der Waals surface area contributed by atoms with Crippen LogP contribution in [0.25, 0.3) is 0 Å². The number of carbonyl (C=O) groups is 4. The molecule has 0 rings (SSSR count). The summed E-state index contributed by atoms with van der Waals surface area (Å²) >= 11 is 0. The quantitative estimate of drug-likeness (QED) is 0.0169. The second-order valence-corrected chi connectivity index (χ2v) is 30.3. The fraction of sp³-hybridized carbons (Fsp3) is 0.783. The summed E-state index contributed by atoms with van der Waals surface area (Å²) in [5.41, 5.74) is 0. The molecule has 0 aliphatic heterocycles.